The van der Waals surface area contributed by atoms with Crippen molar-refractivity contribution in [1.29, 1.82) is 0 Å². The van der Waals surface area contributed by atoms with Gasteiger partial charge in [0.15, 0.2) is 0 Å². The lowest BCUT2D eigenvalue weighted by atomic mass is 10.0. The van der Waals surface area contributed by atoms with Gasteiger partial charge in [0.1, 0.15) is 13.2 Å². The van der Waals surface area contributed by atoms with Crippen molar-refractivity contribution in [3.63, 3.8) is 0 Å². The van der Waals surface area contributed by atoms with Crippen LogP contribution in [0.4, 0.5) is 0 Å². The van der Waals surface area contributed by atoms with Crippen LogP contribution in [0.2, 0.25) is 0 Å². The van der Waals surface area contributed by atoms with Crippen molar-refractivity contribution in [2.45, 2.75) is 264 Å². The number of rotatable bonds is 49. The Kier molecular flexibility index (Phi) is 44.9. The topological polar surface area (TPSA) is 105 Å². The molecule has 1 amide bonds. The number of aliphatic hydroxyl groups is 1. The Balaban J connectivity index is 4.25. The zero-order chi connectivity index (χ0) is 46.4. The van der Waals surface area contributed by atoms with Gasteiger partial charge in [0.25, 0.3) is 0 Å². The number of carbonyl (C=O) groups excluding carboxylic acids is 1. The van der Waals surface area contributed by atoms with Crippen molar-refractivity contribution < 1.29 is 32.9 Å². The molecule has 0 heterocycles. The van der Waals surface area contributed by atoms with E-state index in [1.807, 2.05) is 27.2 Å². The lowest BCUT2D eigenvalue weighted by Crippen LogP contribution is -2.45. The van der Waals surface area contributed by atoms with Gasteiger partial charge in [-0.1, -0.05) is 224 Å². The Morgan fingerprint density at radius 2 is 0.873 bits per heavy atom. The number of hydrogen-bond donors (Lipinski definition) is 3. The Bertz CT molecular complexity index is 1120. The molecule has 3 N–H and O–H groups in total. The molecule has 372 valence electrons. The fraction of sp³-hybridized carbons (Fsp3) is 0.870. The third kappa shape index (κ3) is 48.5. The number of phosphoric ester groups is 1. The molecule has 0 bridgehead atoms. The van der Waals surface area contributed by atoms with Crippen LogP contribution in [0.3, 0.4) is 0 Å². The molecule has 0 spiro atoms. The third-order valence-electron chi connectivity index (χ3n) is 12.1. The van der Waals surface area contributed by atoms with Crippen LogP contribution in [0.5, 0.6) is 0 Å². The van der Waals surface area contributed by atoms with Crippen LogP contribution >= 0.6 is 7.82 Å². The zero-order valence-electron chi connectivity index (χ0n) is 42.3. The lowest BCUT2D eigenvalue weighted by Gasteiger charge is -2.25. The van der Waals surface area contributed by atoms with Crippen molar-refractivity contribution in [2.24, 2.45) is 0 Å². The van der Waals surface area contributed by atoms with Crippen molar-refractivity contribution in [1.82, 2.24) is 5.32 Å². The quantitative estimate of drug-likeness (QED) is 0.0243. The maximum atomic E-state index is 12.9. The maximum Gasteiger partial charge on any atom is 0.472 e. The minimum atomic E-state index is -4.35. The van der Waals surface area contributed by atoms with Crippen LogP contribution in [0.25, 0.3) is 0 Å². The van der Waals surface area contributed by atoms with E-state index in [0.29, 0.717) is 17.4 Å². The Morgan fingerprint density at radius 1 is 0.524 bits per heavy atom. The van der Waals surface area contributed by atoms with E-state index in [-0.39, 0.29) is 19.1 Å². The molecule has 0 fully saturated rings. The molecular formula is C54H106N2O6P+. The molecular weight excluding hydrogens is 804 g/mol. The molecule has 63 heavy (non-hydrogen) atoms. The first-order chi connectivity index (χ1) is 30.5. The minimum absolute atomic E-state index is 0.0562. The summed E-state index contributed by atoms with van der Waals surface area (Å²) < 4.78 is 23.6. The van der Waals surface area contributed by atoms with Crippen molar-refractivity contribution in [2.75, 3.05) is 40.9 Å². The van der Waals surface area contributed by atoms with E-state index < -0.39 is 20.0 Å². The molecule has 9 heteroatoms. The summed E-state index contributed by atoms with van der Waals surface area (Å²) in [6.07, 6.45) is 58.1. The highest BCUT2D eigenvalue weighted by Gasteiger charge is 2.27. The van der Waals surface area contributed by atoms with Crippen LogP contribution in [0.1, 0.15) is 251 Å². The zero-order valence-corrected chi connectivity index (χ0v) is 43.2. The highest BCUT2D eigenvalue weighted by molar-refractivity contribution is 7.47. The monoisotopic (exact) mass is 910 g/mol. The van der Waals surface area contributed by atoms with Crippen LogP contribution in [-0.4, -0.2) is 73.4 Å². The second-order valence-electron chi connectivity index (χ2n) is 19.6. The number of carbonyl (C=O) groups is 1. The van der Waals surface area contributed by atoms with Gasteiger partial charge in [-0.15, -0.1) is 0 Å². The highest BCUT2D eigenvalue weighted by Crippen LogP contribution is 2.43. The summed E-state index contributed by atoms with van der Waals surface area (Å²) in [7, 11) is 1.56. The van der Waals surface area contributed by atoms with Gasteiger partial charge in [0.05, 0.1) is 39.9 Å². The van der Waals surface area contributed by atoms with Crippen LogP contribution in [0.15, 0.2) is 36.5 Å². The largest absolute Gasteiger partial charge is 0.472 e. The number of unbranched alkanes of at least 4 members (excludes halogenated alkanes) is 32. The van der Waals surface area contributed by atoms with Gasteiger partial charge in [-0.25, -0.2) is 4.57 Å². The molecule has 0 radical (unpaired) electrons. The molecule has 3 unspecified atom stereocenters. The first-order valence-electron chi connectivity index (χ1n) is 26.9. The molecule has 0 aliphatic rings. The first-order valence-corrected chi connectivity index (χ1v) is 28.4. The summed E-state index contributed by atoms with van der Waals surface area (Å²) in [4.78, 5) is 23.2. The Hall–Kier alpha value is -1.28. The van der Waals surface area contributed by atoms with E-state index in [9.17, 15) is 19.4 Å². The van der Waals surface area contributed by atoms with E-state index >= 15 is 0 Å². The standard InChI is InChI=1S/C54H105N2O6P/c1-6-8-10-12-14-16-18-20-22-24-25-26-27-28-29-30-31-32-34-36-38-40-42-44-46-48-54(58)55-52(51-62-63(59,60)61-50-49-56(3,4)5)53(57)47-45-43-41-39-37-35-33-23-21-19-17-15-13-11-9-7-2/h28-29,37,39,45,47,52-53,57H,6-27,30-36,38,40-44,46,48-51H2,1-5H3,(H-,55,58,59,60)/p+1/b29-28-,39-37+,47-45+. The molecule has 0 rings (SSSR count). The van der Waals surface area contributed by atoms with Gasteiger partial charge in [-0.3, -0.25) is 13.8 Å². The molecule has 8 nitrogen and oxygen atoms in total. The molecule has 0 saturated heterocycles. The summed E-state index contributed by atoms with van der Waals surface area (Å²) in [5, 5.41) is 13.9. The number of hydrogen-bond acceptors (Lipinski definition) is 5. The second-order valence-corrected chi connectivity index (χ2v) is 21.0. The van der Waals surface area contributed by atoms with E-state index in [4.69, 9.17) is 9.05 Å². The number of allylic oxidation sites excluding steroid dienone is 5. The van der Waals surface area contributed by atoms with Crippen LogP contribution < -0.4 is 5.32 Å². The van der Waals surface area contributed by atoms with Crippen LogP contribution in [-0.2, 0) is 18.4 Å². The Labute approximate surface area is 391 Å². The second kappa shape index (κ2) is 45.9. The normalized spacial score (nSPS) is 14.3. The van der Waals surface area contributed by atoms with Gasteiger partial charge >= 0.3 is 7.82 Å². The average molecular weight is 910 g/mol. The fourth-order valence-corrected chi connectivity index (χ4v) is 8.55. The first kappa shape index (κ1) is 61.7. The number of aliphatic hydroxyl groups excluding tert-OH is 1. The van der Waals surface area contributed by atoms with E-state index in [0.717, 1.165) is 38.5 Å². The number of amides is 1. The Morgan fingerprint density at radius 3 is 1.27 bits per heavy atom. The molecule has 0 aromatic rings. The third-order valence-corrected chi connectivity index (χ3v) is 13.1. The van der Waals surface area contributed by atoms with Crippen molar-refractivity contribution >= 4 is 13.7 Å². The van der Waals surface area contributed by atoms with Gasteiger partial charge in [-0.05, 0) is 57.8 Å². The number of quaternary nitrogens is 1. The summed E-state index contributed by atoms with van der Waals surface area (Å²) in [6.45, 7) is 4.81. The molecule has 0 aromatic carbocycles. The fourth-order valence-electron chi connectivity index (χ4n) is 7.82. The molecule has 3 atom stereocenters. The molecule has 0 aromatic heterocycles. The predicted octanol–water partition coefficient (Wildman–Crippen LogP) is 15.8. The highest BCUT2D eigenvalue weighted by atomic mass is 31.2. The SMILES string of the molecule is CCCCCCCCCCCC/C=C/CC/C=C/C(O)C(COP(=O)(O)OCC[N+](C)(C)C)NC(=O)CCCCCCCCCCC/C=C\CCCCCCCCCCCCCC. The van der Waals surface area contributed by atoms with E-state index in [1.165, 1.54) is 193 Å². The molecule has 0 aliphatic heterocycles. The van der Waals surface area contributed by atoms with Gasteiger partial charge in [-0.2, -0.15) is 0 Å². The minimum Gasteiger partial charge on any atom is -0.387 e. The van der Waals surface area contributed by atoms with Gasteiger partial charge < -0.3 is 19.8 Å². The molecule has 0 aliphatic carbocycles. The molecule has 0 saturated carbocycles. The smallest absolute Gasteiger partial charge is 0.387 e. The lowest BCUT2D eigenvalue weighted by molar-refractivity contribution is -0.870. The van der Waals surface area contributed by atoms with E-state index in [1.54, 1.807) is 6.08 Å². The number of phosphoric acid groups is 1. The number of nitrogens with one attached hydrogen (secondary N) is 1. The van der Waals surface area contributed by atoms with Crippen LogP contribution in [0, 0.1) is 0 Å². The number of nitrogens with zero attached hydrogens (tertiary/aromatic N) is 1. The summed E-state index contributed by atoms with van der Waals surface area (Å²) >= 11 is 0. The van der Waals surface area contributed by atoms with Crippen molar-refractivity contribution in [3.05, 3.63) is 36.5 Å². The summed E-state index contributed by atoms with van der Waals surface area (Å²) in [5.74, 6) is -0.187. The predicted molar refractivity (Wildman–Crippen MR) is 272 cm³/mol. The van der Waals surface area contributed by atoms with Gasteiger partial charge in [0.2, 0.25) is 5.91 Å². The van der Waals surface area contributed by atoms with Crippen molar-refractivity contribution in [3.8, 4) is 0 Å². The maximum absolute atomic E-state index is 12.9. The van der Waals surface area contributed by atoms with Gasteiger partial charge in [0, 0.05) is 6.42 Å². The number of likely N-dealkylation sites (N-methyl/N-ethyl adjacent to an activating group) is 1. The summed E-state index contributed by atoms with van der Waals surface area (Å²) in [5.41, 5.74) is 0. The average Bonchev–Trinajstić information content (AvgIpc) is 3.24. The van der Waals surface area contributed by atoms with E-state index in [2.05, 4.69) is 43.5 Å². The summed E-state index contributed by atoms with van der Waals surface area (Å²) in [6, 6.07) is -0.863.